The van der Waals surface area contributed by atoms with E-state index >= 15 is 0 Å². The normalized spacial score (nSPS) is 14.5. The number of benzene rings is 1. The zero-order chi connectivity index (χ0) is 14.8. The van der Waals surface area contributed by atoms with Gasteiger partial charge in [-0.05, 0) is 37.1 Å². The lowest BCUT2D eigenvalue weighted by Gasteiger charge is -2.21. The summed E-state index contributed by atoms with van der Waals surface area (Å²) in [6.07, 6.45) is 3.92. The topological polar surface area (TPSA) is 48.1 Å². The number of aromatic nitrogens is 1. The van der Waals surface area contributed by atoms with E-state index in [0.29, 0.717) is 15.7 Å². The highest BCUT2D eigenvalue weighted by Gasteiger charge is 2.18. The lowest BCUT2D eigenvalue weighted by molar-refractivity contribution is 0.102. The quantitative estimate of drug-likeness (QED) is 0.890. The molecule has 0 spiro atoms. The molecule has 4 nitrogen and oxygen atoms in total. The molecule has 1 fully saturated rings. The Morgan fingerprint density at radius 1 is 1.14 bits per heavy atom. The van der Waals surface area contributed by atoms with Crippen molar-refractivity contribution in [1.82, 2.24) is 4.98 Å². The monoisotopic (exact) mass is 323 g/mol. The molecule has 1 aliphatic heterocycles. The molecule has 1 saturated heterocycles. The number of nitrogens with one attached hydrogen (secondary N) is 2. The minimum absolute atomic E-state index is 0.232. The van der Waals surface area contributed by atoms with Crippen molar-refractivity contribution in [2.45, 2.75) is 12.8 Å². The molecule has 1 aliphatic rings. The molecule has 6 heteroatoms. The minimum Gasteiger partial charge on any atom is -0.370 e. The lowest BCUT2D eigenvalue weighted by Crippen LogP contribution is -2.21. The number of H-pyrrole nitrogens is 1. The Morgan fingerprint density at radius 2 is 1.90 bits per heavy atom. The molecule has 0 atom stereocenters. The summed E-state index contributed by atoms with van der Waals surface area (Å²) in [5, 5.41) is 4.00. The molecule has 2 aromatic rings. The SMILES string of the molecule is O=C(Nc1cc(Cl)ccc1N1CCCC1)c1cc(Cl)c[nH]1. The third-order valence-electron chi connectivity index (χ3n) is 3.55. The van der Waals surface area contributed by atoms with Crippen LogP contribution in [0.4, 0.5) is 11.4 Å². The molecular formula is C15H15Cl2N3O. The van der Waals surface area contributed by atoms with Crippen LogP contribution in [0.3, 0.4) is 0 Å². The summed E-state index contributed by atoms with van der Waals surface area (Å²) in [7, 11) is 0. The van der Waals surface area contributed by atoms with Crippen molar-refractivity contribution in [1.29, 1.82) is 0 Å². The molecule has 1 aromatic heterocycles. The molecule has 1 amide bonds. The van der Waals surface area contributed by atoms with Gasteiger partial charge in [-0.2, -0.15) is 0 Å². The number of hydrogen-bond donors (Lipinski definition) is 2. The Balaban J connectivity index is 1.86. The number of rotatable bonds is 3. The number of carbonyl (C=O) groups is 1. The van der Waals surface area contributed by atoms with E-state index < -0.39 is 0 Å². The molecule has 0 unspecified atom stereocenters. The summed E-state index contributed by atoms with van der Waals surface area (Å²) in [6.45, 7) is 2.00. The van der Waals surface area contributed by atoms with Crippen molar-refractivity contribution in [2.24, 2.45) is 0 Å². The summed E-state index contributed by atoms with van der Waals surface area (Å²) >= 11 is 11.9. The molecule has 0 aliphatic carbocycles. The molecule has 3 rings (SSSR count). The van der Waals surface area contributed by atoms with Gasteiger partial charge in [0.2, 0.25) is 0 Å². The van der Waals surface area contributed by atoms with Crippen LogP contribution in [0.25, 0.3) is 0 Å². The molecule has 110 valence electrons. The summed E-state index contributed by atoms with van der Waals surface area (Å²) in [6, 6.07) is 7.16. The molecule has 21 heavy (non-hydrogen) atoms. The highest BCUT2D eigenvalue weighted by molar-refractivity contribution is 6.31. The highest BCUT2D eigenvalue weighted by atomic mass is 35.5. The molecule has 2 heterocycles. The van der Waals surface area contributed by atoms with E-state index in [9.17, 15) is 4.79 Å². The van der Waals surface area contributed by atoms with Gasteiger partial charge in [-0.15, -0.1) is 0 Å². The summed E-state index contributed by atoms with van der Waals surface area (Å²) in [5.74, 6) is -0.232. The van der Waals surface area contributed by atoms with Gasteiger partial charge in [-0.3, -0.25) is 4.79 Å². The van der Waals surface area contributed by atoms with Crippen LogP contribution < -0.4 is 10.2 Å². The Morgan fingerprint density at radius 3 is 2.57 bits per heavy atom. The van der Waals surface area contributed by atoms with Gasteiger partial charge in [0.15, 0.2) is 0 Å². The van der Waals surface area contributed by atoms with Crippen molar-refractivity contribution in [2.75, 3.05) is 23.3 Å². The van der Waals surface area contributed by atoms with Gasteiger partial charge in [0, 0.05) is 24.3 Å². The highest BCUT2D eigenvalue weighted by Crippen LogP contribution is 2.31. The van der Waals surface area contributed by atoms with Crippen LogP contribution in [0.2, 0.25) is 10.0 Å². The van der Waals surface area contributed by atoms with E-state index in [4.69, 9.17) is 23.2 Å². The second-order valence-electron chi connectivity index (χ2n) is 5.04. The molecule has 0 saturated carbocycles. The van der Waals surface area contributed by atoms with Crippen molar-refractivity contribution in [3.63, 3.8) is 0 Å². The van der Waals surface area contributed by atoms with Crippen molar-refractivity contribution >= 4 is 40.5 Å². The van der Waals surface area contributed by atoms with E-state index in [2.05, 4.69) is 15.2 Å². The van der Waals surface area contributed by atoms with Gasteiger partial charge in [0.05, 0.1) is 16.4 Å². The maximum Gasteiger partial charge on any atom is 0.272 e. The largest absolute Gasteiger partial charge is 0.370 e. The average Bonchev–Trinajstić information content (AvgIpc) is 3.10. The van der Waals surface area contributed by atoms with E-state index in [1.807, 2.05) is 12.1 Å². The first-order chi connectivity index (χ1) is 10.1. The van der Waals surface area contributed by atoms with E-state index in [1.54, 1.807) is 18.3 Å². The van der Waals surface area contributed by atoms with Gasteiger partial charge in [0.1, 0.15) is 5.69 Å². The number of carbonyl (C=O) groups excluding carboxylic acids is 1. The molecule has 1 aromatic carbocycles. The Hall–Kier alpha value is -1.65. The Labute approximate surface area is 133 Å². The van der Waals surface area contributed by atoms with Crippen LogP contribution in [0.15, 0.2) is 30.5 Å². The van der Waals surface area contributed by atoms with Crippen molar-refractivity contribution in [3.05, 3.63) is 46.2 Å². The van der Waals surface area contributed by atoms with Crippen LogP contribution in [0.1, 0.15) is 23.3 Å². The van der Waals surface area contributed by atoms with Gasteiger partial charge < -0.3 is 15.2 Å². The number of aromatic amines is 1. The molecule has 2 N–H and O–H groups in total. The summed E-state index contributed by atoms with van der Waals surface area (Å²) < 4.78 is 0. The molecular weight excluding hydrogens is 309 g/mol. The van der Waals surface area contributed by atoms with Gasteiger partial charge in [0.25, 0.3) is 5.91 Å². The van der Waals surface area contributed by atoms with Crippen LogP contribution in [-0.4, -0.2) is 24.0 Å². The van der Waals surface area contributed by atoms with Crippen molar-refractivity contribution < 1.29 is 4.79 Å². The summed E-state index contributed by atoms with van der Waals surface area (Å²) in [5.41, 5.74) is 2.15. The number of nitrogens with zero attached hydrogens (tertiary/aromatic N) is 1. The second-order valence-corrected chi connectivity index (χ2v) is 5.91. The third-order valence-corrected chi connectivity index (χ3v) is 4.00. The number of hydrogen-bond acceptors (Lipinski definition) is 2. The number of halogens is 2. The van der Waals surface area contributed by atoms with E-state index in [-0.39, 0.29) is 5.91 Å². The predicted octanol–water partition coefficient (Wildman–Crippen LogP) is 4.17. The maximum absolute atomic E-state index is 12.2. The lowest BCUT2D eigenvalue weighted by atomic mass is 10.2. The Kier molecular flexibility index (Phi) is 4.08. The fourth-order valence-electron chi connectivity index (χ4n) is 2.53. The Bertz CT molecular complexity index is 663. The predicted molar refractivity (Wildman–Crippen MR) is 86.7 cm³/mol. The minimum atomic E-state index is -0.232. The third kappa shape index (κ3) is 3.17. The first-order valence-electron chi connectivity index (χ1n) is 6.83. The van der Waals surface area contributed by atoms with Gasteiger partial charge >= 0.3 is 0 Å². The zero-order valence-electron chi connectivity index (χ0n) is 11.3. The van der Waals surface area contributed by atoms with E-state index in [0.717, 1.165) is 24.5 Å². The van der Waals surface area contributed by atoms with Crippen LogP contribution in [0, 0.1) is 0 Å². The first-order valence-corrected chi connectivity index (χ1v) is 7.59. The van der Waals surface area contributed by atoms with Gasteiger partial charge in [-0.25, -0.2) is 0 Å². The number of anilines is 2. The first kappa shape index (κ1) is 14.3. The van der Waals surface area contributed by atoms with Crippen molar-refractivity contribution in [3.8, 4) is 0 Å². The zero-order valence-corrected chi connectivity index (χ0v) is 12.8. The van der Waals surface area contributed by atoms with Crippen LogP contribution in [0.5, 0.6) is 0 Å². The maximum atomic E-state index is 12.2. The fraction of sp³-hybridized carbons (Fsp3) is 0.267. The van der Waals surface area contributed by atoms with Gasteiger partial charge in [-0.1, -0.05) is 23.2 Å². The van der Waals surface area contributed by atoms with E-state index in [1.165, 1.54) is 12.8 Å². The van der Waals surface area contributed by atoms with Crippen LogP contribution in [-0.2, 0) is 0 Å². The number of amides is 1. The molecule has 0 bridgehead atoms. The standard InChI is InChI=1S/C15H15Cl2N3O/c16-10-3-4-14(20-5-1-2-6-20)12(7-10)19-15(21)13-8-11(17)9-18-13/h3-4,7-9,18H,1-2,5-6H2,(H,19,21). The fourth-order valence-corrected chi connectivity index (χ4v) is 2.87. The smallest absolute Gasteiger partial charge is 0.272 e. The van der Waals surface area contributed by atoms with Crippen LogP contribution >= 0.6 is 23.2 Å². The molecule has 0 radical (unpaired) electrons. The average molecular weight is 324 g/mol. The summed E-state index contributed by atoms with van der Waals surface area (Å²) in [4.78, 5) is 17.3. The second kappa shape index (κ2) is 6.00.